The highest BCUT2D eigenvalue weighted by Crippen LogP contribution is 2.16. The van der Waals surface area contributed by atoms with E-state index in [-0.39, 0.29) is 6.54 Å². The number of hydrogen-bond donors (Lipinski definition) is 3. The summed E-state index contributed by atoms with van der Waals surface area (Å²) < 4.78 is 30.0. The zero-order valence-electron chi connectivity index (χ0n) is 9.76. The number of rotatable bonds is 4. The van der Waals surface area contributed by atoms with Crippen molar-refractivity contribution in [3.63, 3.8) is 0 Å². The number of hydrogen-bond acceptors (Lipinski definition) is 6. The summed E-state index contributed by atoms with van der Waals surface area (Å²) in [4.78, 5) is 10.8. The summed E-state index contributed by atoms with van der Waals surface area (Å²) in [6, 6.07) is 0. The van der Waals surface area contributed by atoms with E-state index in [9.17, 15) is 18.3 Å². The van der Waals surface area contributed by atoms with Gasteiger partial charge in [0.1, 0.15) is 0 Å². The number of amides is 1. The van der Waals surface area contributed by atoms with Crippen molar-refractivity contribution in [2.75, 3.05) is 33.8 Å². The Labute approximate surface area is 100 Å². The van der Waals surface area contributed by atoms with Crippen LogP contribution in [0, 0.1) is 0 Å². The van der Waals surface area contributed by atoms with E-state index >= 15 is 0 Å². The Morgan fingerprint density at radius 1 is 1.65 bits per heavy atom. The van der Waals surface area contributed by atoms with Crippen molar-refractivity contribution in [2.24, 2.45) is 0 Å². The van der Waals surface area contributed by atoms with Crippen LogP contribution in [0.4, 0.5) is 4.79 Å². The Morgan fingerprint density at radius 2 is 2.29 bits per heavy atom. The normalized spacial score (nSPS) is 24.9. The van der Waals surface area contributed by atoms with Crippen LogP contribution < -0.4 is 10.0 Å². The SMILES string of the molecule is COC(=O)NS(=O)(=O)N(C)CC1(O)CCNC1. The van der Waals surface area contributed by atoms with Crippen LogP contribution in [0.2, 0.25) is 0 Å². The lowest BCUT2D eigenvalue weighted by Crippen LogP contribution is -2.49. The minimum Gasteiger partial charge on any atom is -0.452 e. The molecule has 100 valence electrons. The summed E-state index contributed by atoms with van der Waals surface area (Å²) in [5, 5.41) is 12.9. The molecule has 0 saturated carbocycles. The van der Waals surface area contributed by atoms with E-state index in [2.05, 4.69) is 10.1 Å². The molecule has 1 heterocycles. The van der Waals surface area contributed by atoms with E-state index in [0.717, 1.165) is 11.4 Å². The molecular formula is C8H17N3O5S. The van der Waals surface area contributed by atoms with Gasteiger partial charge in [-0.15, -0.1) is 0 Å². The zero-order valence-corrected chi connectivity index (χ0v) is 10.6. The Bertz CT molecular complexity index is 377. The van der Waals surface area contributed by atoms with E-state index in [1.807, 2.05) is 0 Å². The van der Waals surface area contributed by atoms with Crippen LogP contribution in [-0.4, -0.2) is 63.3 Å². The van der Waals surface area contributed by atoms with Crippen LogP contribution in [0.15, 0.2) is 0 Å². The third-order valence-electron chi connectivity index (χ3n) is 2.55. The monoisotopic (exact) mass is 267 g/mol. The second-order valence-corrected chi connectivity index (χ2v) is 5.78. The maximum Gasteiger partial charge on any atom is 0.421 e. The number of ether oxygens (including phenoxy) is 1. The average Bonchev–Trinajstić information content (AvgIpc) is 2.64. The molecule has 1 aliphatic heterocycles. The molecule has 0 radical (unpaired) electrons. The first-order valence-corrected chi connectivity index (χ1v) is 6.48. The fourth-order valence-electron chi connectivity index (χ4n) is 1.59. The molecule has 1 aliphatic rings. The number of methoxy groups -OCH3 is 1. The van der Waals surface area contributed by atoms with Gasteiger partial charge in [0.25, 0.3) is 0 Å². The van der Waals surface area contributed by atoms with Crippen LogP contribution in [-0.2, 0) is 14.9 Å². The molecule has 1 saturated heterocycles. The summed E-state index contributed by atoms with van der Waals surface area (Å²) in [7, 11) is -1.63. The van der Waals surface area contributed by atoms with Crippen molar-refractivity contribution in [1.29, 1.82) is 0 Å². The largest absolute Gasteiger partial charge is 0.452 e. The molecule has 1 fully saturated rings. The highest BCUT2D eigenvalue weighted by molar-refractivity contribution is 7.87. The van der Waals surface area contributed by atoms with Gasteiger partial charge in [0.15, 0.2) is 0 Å². The predicted octanol–water partition coefficient (Wildman–Crippen LogP) is -1.76. The van der Waals surface area contributed by atoms with Crippen LogP contribution in [0.5, 0.6) is 0 Å². The summed E-state index contributed by atoms with van der Waals surface area (Å²) in [6.07, 6.45) is -0.598. The lowest BCUT2D eigenvalue weighted by atomic mass is 10.0. The van der Waals surface area contributed by atoms with Gasteiger partial charge in [0, 0.05) is 20.1 Å². The molecule has 8 nitrogen and oxygen atoms in total. The van der Waals surface area contributed by atoms with Crippen LogP contribution in [0.25, 0.3) is 0 Å². The smallest absolute Gasteiger partial charge is 0.421 e. The predicted molar refractivity (Wildman–Crippen MR) is 59.5 cm³/mol. The highest BCUT2D eigenvalue weighted by atomic mass is 32.2. The number of nitrogens with zero attached hydrogens (tertiary/aromatic N) is 1. The van der Waals surface area contributed by atoms with Gasteiger partial charge >= 0.3 is 16.3 Å². The second-order valence-electron chi connectivity index (χ2n) is 4.01. The second kappa shape index (κ2) is 5.17. The Hall–Kier alpha value is -0.900. The third-order valence-corrected chi connectivity index (χ3v) is 3.92. The first kappa shape index (κ1) is 14.2. The lowest BCUT2D eigenvalue weighted by Gasteiger charge is -2.27. The van der Waals surface area contributed by atoms with Crippen LogP contribution >= 0.6 is 0 Å². The van der Waals surface area contributed by atoms with Crippen LogP contribution in [0.3, 0.4) is 0 Å². The lowest BCUT2D eigenvalue weighted by molar-refractivity contribution is 0.0459. The number of likely N-dealkylation sites (N-methyl/N-ethyl adjacent to an activating group) is 1. The first-order chi connectivity index (χ1) is 7.79. The average molecular weight is 267 g/mol. The Morgan fingerprint density at radius 3 is 2.76 bits per heavy atom. The van der Waals surface area contributed by atoms with Crippen molar-refractivity contribution >= 4 is 16.3 Å². The standard InChI is InChI=1S/C8H17N3O5S/c1-11(6-8(13)3-4-9-5-8)17(14,15)10-7(12)16-2/h9,13H,3-6H2,1-2H3,(H,10,12). The van der Waals surface area contributed by atoms with E-state index in [1.165, 1.54) is 7.05 Å². The van der Waals surface area contributed by atoms with Gasteiger partial charge in [-0.1, -0.05) is 0 Å². The molecule has 0 bridgehead atoms. The maximum atomic E-state index is 11.6. The van der Waals surface area contributed by atoms with E-state index < -0.39 is 21.9 Å². The molecule has 1 unspecified atom stereocenters. The maximum absolute atomic E-state index is 11.6. The van der Waals surface area contributed by atoms with Gasteiger partial charge in [-0.2, -0.15) is 12.7 Å². The molecule has 1 rings (SSSR count). The molecule has 0 aliphatic carbocycles. The van der Waals surface area contributed by atoms with Gasteiger partial charge in [-0.05, 0) is 13.0 Å². The number of nitrogens with one attached hydrogen (secondary N) is 2. The van der Waals surface area contributed by atoms with Crippen molar-refractivity contribution in [3.8, 4) is 0 Å². The minimum atomic E-state index is -3.98. The molecule has 1 atom stereocenters. The van der Waals surface area contributed by atoms with Crippen LogP contribution in [0.1, 0.15) is 6.42 Å². The molecule has 3 N–H and O–H groups in total. The van der Waals surface area contributed by atoms with Gasteiger partial charge in [0.2, 0.25) is 0 Å². The number of aliphatic hydroxyl groups is 1. The summed E-state index contributed by atoms with van der Waals surface area (Å²) >= 11 is 0. The topological polar surface area (TPSA) is 108 Å². The van der Waals surface area contributed by atoms with E-state index in [0.29, 0.717) is 19.5 Å². The Balaban J connectivity index is 2.62. The van der Waals surface area contributed by atoms with Gasteiger partial charge < -0.3 is 15.2 Å². The van der Waals surface area contributed by atoms with Gasteiger partial charge in [-0.25, -0.2) is 9.52 Å². The number of carbonyl (C=O) groups is 1. The zero-order chi connectivity index (χ0) is 13.1. The fraction of sp³-hybridized carbons (Fsp3) is 0.875. The van der Waals surface area contributed by atoms with Gasteiger partial charge in [-0.3, -0.25) is 0 Å². The fourth-order valence-corrected chi connectivity index (χ4v) is 2.45. The molecule has 0 aromatic carbocycles. The van der Waals surface area contributed by atoms with E-state index in [4.69, 9.17) is 0 Å². The van der Waals surface area contributed by atoms with Gasteiger partial charge in [0.05, 0.1) is 12.7 Å². The highest BCUT2D eigenvalue weighted by Gasteiger charge is 2.35. The quantitative estimate of drug-likeness (QED) is 0.557. The van der Waals surface area contributed by atoms with Crippen molar-refractivity contribution in [3.05, 3.63) is 0 Å². The van der Waals surface area contributed by atoms with Crippen molar-refractivity contribution < 1.29 is 23.1 Å². The molecule has 1 amide bonds. The van der Waals surface area contributed by atoms with Crippen molar-refractivity contribution in [2.45, 2.75) is 12.0 Å². The minimum absolute atomic E-state index is 0.0909. The third kappa shape index (κ3) is 3.80. The Kier molecular flexibility index (Phi) is 4.31. The molecule has 9 heteroatoms. The first-order valence-electron chi connectivity index (χ1n) is 5.04. The molecule has 0 aromatic heterocycles. The molecule has 0 spiro atoms. The summed E-state index contributed by atoms with van der Waals surface area (Å²) in [5.74, 6) is 0. The molecular weight excluding hydrogens is 250 g/mol. The number of β-amino-alcohol motifs (C(OH)–C–C–N with tert-alkyl or cyclic N) is 1. The molecule has 17 heavy (non-hydrogen) atoms. The van der Waals surface area contributed by atoms with Crippen molar-refractivity contribution in [1.82, 2.24) is 14.3 Å². The summed E-state index contributed by atoms with van der Waals surface area (Å²) in [5.41, 5.74) is -1.10. The molecule has 0 aromatic rings. The number of carbonyl (C=O) groups excluding carboxylic acids is 1. The van der Waals surface area contributed by atoms with E-state index in [1.54, 1.807) is 4.72 Å². The summed E-state index contributed by atoms with van der Waals surface area (Å²) in [6.45, 7) is 0.867.